The quantitative estimate of drug-likeness (QED) is 0.678. The molecule has 0 atom stereocenters. The third-order valence-electron chi connectivity index (χ3n) is 2.61. The molecule has 0 spiro atoms. The number of carbonyl (C=O) groups excluding carboxylic acids is 1. The van der Waals surface area contributed by atoms with E-state index >= 15 is 0 Å². The van der Waals surface area contributed by atoms with Gasteiger partial charge in [-0.2, -0.15) is 0 Å². The average molecular weight is 295 g/mol. The Balaban J connectivity index is 1.85. The Morgan fingerprint density at radius 2 is 1.95 bits per heavy atom. The van der Waals surface area contributed by atoms with Gasteiger partial charge in [-0.05, 0) is 30.2 Å². The standard InChI is InChI=1S/C13H11ClN2O4/c14-10-3-1-9(2-4-10)7-8-15-13(17)11-5-6-12(20-11)16(18)19/h1-6H,7-8H2,(H,15,17). The van der Waals surface area contributed by atoms with Crippen LogP contribution in [0.3, 0.4) is 0 Å². The second-order valence-electron chi connectivity index (χ2n) is 4.03. The van der Waals surface area contributed by atoms with E-state index < -0.39 is 16.7 Å². The zero-order chi connectivity index (χ0) is 14.5. The van der Waals surface area contributed by atoms with Crippen LogP contribution in [-0.4, -0.2) is 17.4 Å². The number of nitrogens with one attached hydrogen (secondary N) is 1. The molecule has 0 saturated heterocycles. The lowest BCUT2D eigenvalue weighted by Crippen LogP contribution is -2.25. The highest BCUT2D eigenvalue weighted by Gasteiger charge is 2.16. The van der Waals surface area contributed by atoms with Gasteiger partial charge in [0.1, 0.15) is 4.92 Å². The van der Waals surface area contributed by atoms with Gasteiger partial charge in [-0.3, -0.25) is 14.9 Å². The van der Waals surface area contributed by atoms with Crippen molar-refractivity contribution in [3.8, 4) is 0 Å². The molecule has 1 aromatic heterocycles. The molecule has 0 radical (unpaired) electrons. The summed E-state index contributed by atoms with van der Waals surface area (Å²) in [5.74, 6) is -1.01. The molecule has 0 aliphatic rings. The van der Waals surface area contributed by atoms with Crippen LogP contribution >= 0.6 is 11.6 Å². The summed E-state index contributed by atoms with van der Waals surface area (Å²) in [6, 6.07) is 9.70. The largest absolute Gasteiger partial charge is 0.433 e. The number of nitrogens with zero attached hydrogens (tertiary/aromatic N) is 1. The molecule has 6 nitrogen and oxygen atoms in total. The number of hydrogen-bond acceptors (Lipinski definition) is 4. The molecule has 0 aliphatic heterocycles. The lowest BCUT2D eigenvalue weighted by atomic mass is 10.1. The highest BCUT2D eigenvalue weighted by atomic mass is 35.5. The Morgan fingerprint density at radius 1 is 1.25 bits per heavy atom. The van der Waals surface area contributed by atoms with E-state index in [0.717, 1.165) is 11.6 Å². The summed E-state index contributed by atoms with van der Waals surface area (Å²) in [5.41, 5.74) is 1.03. The summed E-state index contributed by atoms with van der Waals surface area (Å²) in [5, 5.41) is 13.7. The molecule has 104 valence electrons. The number of halogens is 1. The van der Waals surface area contributed by atoms with E-state index in [9.17, 15) is 14.9 Å². The van der Waals surface area contributed by atoms with Crippen LogP contribution in [0.2, 0.25) is 5.02 Å². The summed E-state index contributed by atoms with van der Waals surface area (Å²) in [6.07, 6.45) is 0.631. The van der Waals surface area contributed by atoms with Crippen LogP contribution in [0, 0.1) is 10.1 Å². The summed E-state index contributed by atoms with van der Waals surface area (Å²) in [7, 11) is 0. The fourth-order valence-corrected chi connectivity index (χ4v) is 1.73. The molecule has 0 saturated carbocycles. The van der Waals surface area contributed by atoms with Gasteiger partial charge in [-0.25, -0.2) is 0 Å². The van der Waals surface area contributed by atoms with Crippen molar-refractivity contribution in [1.82, 2.24) is 5.32 Å². The molecule has 0 bridgehead atoms. The van der Waals surface area contributed by atoms with Crippen molar-refractivity contribution in [2.45, 2.75) is 6.42 Å². The lowest BCUT2D eigenvalue weighted by molar-refractivity contribution is -0.402. The van der Waals surface area contributed by atoms with Crippen molar-refractivity contribution in [3.05, 3.63) is 62.9 Å². The van der Waals surface area contributed by atoms with Crippen molar-refractivity contribution < 1.29 is 14.1 Å². The van der Waals surface area contributed by atoms with Crippen LogP contribution in [-0.2, 0) is 6.42 Å². The van der Waals surface area contributed by atoms with Gasteiger partial charge in [0.05, 0.1) is 6.07 Å². The SMILES string of the molecule is O=C(NCCc1ccc(Cl)cc1)c1ccc([N+](=O)[O-])o1. The van der Waals surface area contributed by atoms with E-state index in [4.69, 9.17) is 16.0 Å². The Hall–Kier alpha value is -2.34. The molecule has 0 unspecified atom stereocenters. The molecule has 2 aromatic rings. The Labute approximate surface area is 119 Å². The highest BCUT2D eigenvalue weighted by Crippen LogP contribution is 2.15. The number of furan rings is 1. The monoisotopic (exact) mass is 294 g/mol. The first-order valence-electron chi connectivity index (χ1n) is 5.83. The fraction of sp³-hybridized carbons (Fsp3) is 0.154. The van der Waals surface area contributed by atoms with Crippen molar-refractivity contribution >= 4 is 23.4 Å². The zero-order valence-electron chi connectivity index (χ0n) is 10.3. The molecule has 2 rings (SSSR count). The van der Waals surface area contributed by atoms with E-state index in [-0.39, 0.29) is 5.76 Å². The Bertz CT molecular complexity index is 622. The van der Waals surface area contributed by atoms with Crippen LogP contribution in [0.5, 0.6) is 0 Å². The molecule has 0 fully saturated rings. The summed E-state index contributed by atoms with van der Waals surface area (Å²) < 4.78 is 4.80. The second kappa shape index (κ2) is 6.21. The van der Waals surface area contributed by atoms with Crippen LogP contribution in [0.1, 0.15) is 16.1 Å². The predicted molar refractivity (Wildman–Crippen MR) is 72.9 cm³/mol. The first kappa shape index (κ1) is 14.1. The van der Waals surface area contributed by atoms with Crippen LogP contribution < -0.4 is 5.32 Å². The van der Waals surface area contributed by atoms with Crippen LogP contribution in [0.15, 0.2) is 40.8 Å². The van der Waals surface area contributed by atoms with Crippen LogP contribution in [0.4, 0.5) is 5.88 Å². The topological polar surface area (TPSA) is 85.4 Å². The second-order valence-corrected chi connectivity index (χ2v) is 4.46. The normalized spacial score (nSPS) is 10.2. The van der Waals surface area contributed by atoms with Gasteiger partial charge in [0.25, 0.3) is 5.91 Å². The number of carbonyl (C=O) groups is 1. The highest BCUT2D eigenvalue weighted by molar-refractivity contribution is 6.30. The van der Waals surface area contributed by atoms with E-state index in [1.165, 1.54) is 6.07 Å². The minimum Gasteiger partial charge on any atom is -0.395 e. The first-order chi connectivity index (χ1) is 9.56. The minimum absolute atomic E-state index is 0.0761. The lowest BCUT2D eigenvalue weighted by Gasteiger charge is -2.03. The maximum atomic E-state index is 11.7. The van der Waals surface area contributed by atoms with Gasteiger partial charge >= 0.3 is 5.88 Å². The molecule has 0 aliphatic carbocycles. The predicted octanol–water partition coefficient (Wildman–Crippen LogP) is 2.81. The molecule has 1 N–H and O–H groups in total. The molecular weight excluding hydrogens is 284 g/mol. The van der Waals surface area contributed by atoms with E-state index in [2.05, 4.69) is 5.32 Å². The van der Waals surface area contributed by atoms with Gasteiger partial charge < -0.3 is 9.73 Å². The van der Waals surface area contributed by atoms with Gasteiger partial charge in [0.2, 0.25) is 0 Å². The smallest absolute Gasteiger partial charge is 0.395 e. The minimum atomic E-state index is -0.690. The number of benzene rings is 1. The van der Waals surface area contributed by atoms with Crippen molar-refractivity contribution in [2.24, 2.45) is 0 Å². The van der Waals surface area contributed by atoms with Gasteiger partial charge in [-0.15, -0.1) is 0 Å². The average Bonchev–Trinajstić information content (AvgIpc) is 2.91. The number of hydrogen-bond donors (Lipinski definition) is 1. The maximum Gasteiger partial charge on any atom is 0.433 e. The van der Waals surface area contributed by atoms with Gasteiger partial charge in [0.15, 0.2) is 5.76 Å². The Kier molecular flexibility index (Phi) is 4.37. The van der Waals surface area contributed by atoms with Crippen molar-refractivity contribution in [2.75, 3.05) is 6.54 Å². The number of nitro groups is 1. The summed E-state index contributed by atoms with van der Waals surface area (Å²) in [4.78, 5) is 21.4. The van der Waals surface area contributed by atoms with Crippen molar-refractivity contribution in [1.29, 1.82) is 0 Å². The maximum absolute atomic E-state index is 11.7. The molecule has 1 heterocycles. The first-order valence-corrected chi connectivity index (χ1v) is 6.21. The molecule has 7 heteroatoms. The summed E-state index contributed by atoms with van der Waals surface area (Å²) in [6.45, 7) is 0.398. The van der Waals surface area contributed by atoms with Gasteiger partial charge in [0, 0.05) is 11.6 Å². The van der Waals surface area contributed by atoms with E-state index in [1.807, 2.05) is 12.1 Å². The van der Waals surface area contributed by atoms with Crippen molar-refractivity contribution in [3.63, 3.8) is 0 Å². The molecular formula is C13H11ClN2O4. The third-order valence-corrected chi connectivity index (χ3v) is 2.86. The molecule has 1 amide bonds. The number of rotatable bonds is 5. The fourth-order valence-electron chi connectivity index (χ4n) is 1.61. The molecule has 1 aromatic carbocycles. The van der Waals surface area contributed by atoms with E-state index in [1.54, 1.807) is 12.1 Å². The zero-order valence-corrected chi connectivity index (χ0v) is 11.1. The molecule has 20 heavy (non-hydrogen) atoms. The Morgan fingerprint density at radius 3 is 2.55 bits per heavy atom. The van der Waals surface area contributed by atoms with Crippen LogP contribution in [0.25, 0.3) is 0 Å². The number of amides is 1. The summed E-state index contributed by atoms with van der Waals surface area (Å²) >= 11 is 5.77. The third kappa shape index (κ3) is 3.58. The van der Waals surface area contributed by atoms with Gasteiger partial charge in [-0.1, -0.05) is 23.7 Å². The van der Waals surface area contributed by atoms with E-state index in [0.29, 0.717) is 18.0 Å².